The first kappa shape index (κ1) is 12.1. The molecule has 0 fully saturated rings. The summed E-state index contributed by atoms with van der Waals surface area (Å²) in [4.78, 5) is 18.7. The summed E-state index contributed by atoms with van der Waals surface area (Å²) in [6.07, 6.45) is 0. The van der Waals surface area contributed by atoms with Gasteiger partial charge in [-0.05, 0) is 20.9 Å². The monoisotopic (exact) mass is 227 g/mol. The molecule has 0 spiro atoms. The zero-order valence-corrected chi connectivity index (χ0v) is 10.4. The molecule has 0 atom stereocenters. The van der Waals surface area contributed by atoms with Crippen molar-refractivity contribution in [1.82, 2.24) is 15.2 Å². The Morgan fingerprint density at radius 2 is 2.20 bits per heavy atom. The van der Waals surface area contributed by atoms with Gasteiger partial charge in [-0.3, -0.25) is 4.79 Å². The summed E-state index contributed by atoms with van der Waals surface area (Å²) in [6, 6.07) is 0. The number of nitrogens with one attached hydrogen (secondary N) is 1. The third-order valence-corrected chi connectivity index (χ3v) is 3.20. The van der Waals surface area contributed by atoms with Gasteiger partial charge in [-0.25, -0.2) is 4.98 Å². The molecular weight excluding hydrogens is 210 g/mol. The van der Waals surface area contributed by atoms with Gasteiger partial charge in [0.1, 0.15) is 4.88 Å². The molecule has 1 rings (SSSR count). The number of aromatic nitrogens is 1. The number of nitrogens with zero attached hydrogens (tertiary/aromatic N) is 2. The summed E-state index contributed by atoms with van der Waals surface area (Å²) in [5, 5.41) is 3.96. The Morgan fingerprint density at radius 3 is 2.67 bits per heavy atom. The van der Waals surface area contributed by atoms with Gasteiger partial charge in [0.25, 0.3) is 5.91 Å². The second-order valence-corrected chi connectivity index (χ2v) is 4.68. The van der Waals surface area contributed by atoms with E-state index in [-0.39, 0.29) is 5.91 Å². The average molecular weight is 227 g/mol. The van der Waals surface area contributed by atoms with Crippen molar-refractivity contribution in [3.8, 4) is 0 Å². The lowest BCUT2D eigenvalue weighted by molar-refractivity contribution is 0.0800. The second-order valence-electron chi connectivity index (χ2n) is 3.48. The molecule has 0 saturated heterocycles. The predicted molar refractivity (Wildman–Crippen MR) is 62.5 cm³/mol. The minimum atomic E-state index is 0.0633. The van der Waals surface area contributed by atoms with Crippen molar-refractivity contribution < 1.29 is 4.79 Å². The highest BCUT2D eigenvalue weighted by Gasteiger charge is 2.17. The van der Waals surface area contributed by atoms with E-state index in [0.717, 1.165) is 22.1 Å². The molecule has 0 bridgehead atoms. The van der Waals surface area contributed by atoms with Gasteiger partial charge in [-0.1, -0.05) is 0 Å². The minimum Gasteiger partial charge on any atom is -0.340 e. The molecule has 0 aliphatic rings. The van der Waals surface area contributed by atoms with Crippen molar-refractivity contribution in [2.24, 2.45) is 0 Å². The van der Waals surface area contributed by atoms with Crippen molar-refractivity contribution in [3.63, 3.8) is 0 Å². The second kappa shape index (κ2) is 5.23. The Hall–Kier alpha value is -0.940. The van der Waals surface area contributed by atoms with Gasteiger partial charge in [-0.2, -0.15) is 0 Å². The van der Waals surface area contributed by atoms with E-state index in [2.05, 4.69) is 10.3 Å². The van der Waals surface area contributed by atoms with Crippen LogP contribution >= 0.6 is 11.3 Å². The van der Waals surface area contributed by atoms with Crippen LogP contribution in [-0.4, -0.2) is 43.0 Å². The fourth-order valence-electron chi connectivity index (χ4n) is 1.28. The van der Waals surface area contributed by atoms with E-state index in [1.54, 1.807) is 4.90 Å². The molecule has 0 aromatic carbocycles. The predicted octanol–water partition coefficient (Wildman–Crippen LogP) is 1.05. The van der Waals surface area contributed by atoms with E-state index < -0.39 is 0 Å². The first-order chi connectivity index (χ1) is 7.06. The maximum Gasteiger partial charge on any atom is 0.265 e. The largest absolute Gasteiger partial charge is 0.340 e. The number of likely N-dealkylation sites (N-methyl/N-ethyl adjacent to an activating group) is 2. The summed E-state index contributed by atoms with van der Waals surface area (Å²) in [7, 11) is 3.69. The van der Waals surface area contributed by atoms with Crippen molar-refractivity contribution >= 4 is 17.2 Å². The third kappa shape index (κ3) is 3.00. The van der Waals surface area contributed by atoms with Gasteiger partial charge in [0.15, 0.2) is 0 Å². The van der Waals surface area contributed by atoms with Crippen LogP contribution in [0, 0.1) is 13.8 Å². The van der Waals surface area contributed by atoms with Crippen LogP contribution in [0.1, 0.15) is 20.4 Å². The SMILES string of the molecule is CNCCN(C)C(=O)c1sc(C)nc1C. The maximum absolute atomic E-state index is 12.0. The van der Waals surface area contributed by atoms with Gasteiger partial charge < -0.3 is 10.2 Å². The van der Waals surface area contributed by atoms with Gasteiger partial charge in [0.2, 0.25) is 0 Å². The molecule has 84 valence electrons. The zero-order chi connectivity index (χ0) is 11.4. The zero-order valence-electron chi connectivity index (χ0n) is 9.63. The number of rotatable bonds is 4. The molecule has 1 aromatic heterocycles. The van der Waals surface area contributed by atoms with Gasteiger partial charge in [0.05, 0.1) is 10.7 Å². The Kier molecular flexibility index (Phi) is 4.23. The summed E-state index contributed by atoms with van der Waals surface area (Å²) in [6.45, 7) is 5.31. The van der Waals surface area contributed by atoms with Crippen LogP contribution in [0.2, 0.25) is 0 Å². The van der Waals surface area contributed by atoms with Crippen molar-refractivity contribution in [3.05, 3.63) is 15.6 Å². The van der Waals surface area contributed by atoms with Crippen LogP contribution in [-0.2, 0) is 0 Å². The number of amides is 1. The highest BCUT2D eigenvalue weighted by atomic mass is 32.1. The van der Waals surface area contributed by atoms with Crippen molar-refractivity contribution in [2.75, 3.05) is 27.2 Å². The summed E-state index contributed by atoms with van der Waals surface area (Å²) < 4.78 is 0. The smallest absolute Gasteiger partial charge is 0.265 e. The van der Waals surface area contributed by atoms with Crippen LogP contribution in [0.15, 0.2) is 0 Å². The first-order valence-corrected chi connectivity index (χ1v) is 5.72. The topological polar surface area (TPSA) is 45.2 Å². The molecular formula is C10H17N3OS. The Morgan fingerprint density at radius 1 is 1.53 bits per heavy atom. The van der Waals surface area contributed by atoms with E-state index in [0.29, 0.717) is 6.54 Å². The van der Waals surface area contributed by atoms with Gasteiger partial charge in [-0.15, -0.1) is 11.3 Å². The molecule has 0 aliphatic heterocycles. The number of hydrogen-bond acceptors (Lipinski definition) is 4. The third-order valence-electron chi connectivity index (χ3n) is 2.14. The summed E-state index contributed by atoms with van der Waals surface area (Å²) in [5.74, 6) is 0.0633. The molecule has 15 heavy (non-hydrogen) atoms. The molecule has 1 heterocycles. The summed E-state index contributed by atoms with van der Waals surface area (Å²) >= 11 is 1.46. The van der Waals surface area contributed by atoms with Crippen LogP contribution < -0.4 is 5.32 Å². The number of thiazole rings is 1. The van der Waals surface area contributed by atoms with Crippen LogP contribution in [0.4, 0.5) is 0 Å². The quantitative estimate of drug-likeness (QED) is 0.836. The standard InChI is InChI=1S/C10H17N3OS/c1-7-9(15-8(2)12-7)10(14)13(4)6-5-11-3/h11H,5-6H2,1-4H3. The lowest BCUT2D eigenvalue weighted by Gasteiger charge is -2.15. The number of aryl methyl sites for hydroxylation is 2. The van der Waals surface area contributed by atoms with E-state index in [1.165, 1.54) is 11.3 Å². The number of carbonyl (C=O) groups excluding carboxylic acids is 1. The molecule has 0 unspecified atom stereocenters. The first-order valence-electron chi connectivity index (χ1n) is 4.90. The molecule has 4 nitrogen and oxygen atoms in total. The lowest BCUT2D eigenvalue weighted by atomic mass is 10.3. The minimum absolute atomic E-state index is 0.0633. The summed E-state index contributed by atoms with van der Waals surface area (Å²) in [5.41, 5.74) is 0.832. The molecule has 1 aromatic rings. The average Bonchev–Trinajstić information content (AvgIpc) is 2.53. The Balaban J connectivity index is 2.71. The van der Waals surface area contributed by atoms with Crippen molar-refractivity contribution in [1.29, 1.82) is 0 Å². The van der Waals surface area contributed by atoms with Crippen LogP contribution in [0.3, 0.4) is 0 Å². The maximum atomic E-state index is 12.0. The van der Waals surface area contributed by atoms with E-state index in [4.69, 9.17) is 0 Å². The molecule has 1 amide bonds. The van der Waals surface area contributed by atoms with E-state index in [1.807, 2.05) is 27.9 Å². The van der Waals surface area contributed by atoms with E-state index in [9.17, 15) is 4.79 Å². The van der Waals surface area contributed by atoms with Crippen LogP contribution in [0.25, 0.3) is 0 Å². The van der Waals surface area contributed by atoms with Crippen molar-refractivity contribution in [2.45, 2.75) is 13.8 Å². The fraction of sp³-hybridized carbons (Fsp3) is 0.600. The normalized spacial score (nSPS) is 10.4. The lowest BCUT2D eigenvalue weighted by Crippen LogP contribution is -2.32. The molecule has 0 aliphatic carbocycles. The van der Waals surface area contributed by atoms with Crippen LogP contribution in [0.5, 0.6) is 0 Å². The number of carbonyl (C=O) groups is 1. The fourth-order valence-corrected chi connectivity index (χ4v) is 2.20. The molecule has 5 heteroatoms. The molecule has 1 N–H and O–H groups in total. The van der Waals surface area contributed by atoms with Gasteiger partial charge >= 0.3 is 0 Å². The molecule has 0 saturated carbocycles. The number of hydrogen-bond donors (Lipinski definition) is 1. The highest BCUT2D eigenvalue weighted by Crippen LogP contribution is 2.18. The Labute approximate surface area is 94.3 Å². The Bertz CT molecular complexity index is 348. The van der Waals surface area contributed by atoms with E-state index >= 15 is 0 Å². The molecule has 0 radical (unpaired) electrons. The highest BCUT2D eigenvalue weighted by molar-refractivity contribution is 7.13. The van der Waals surface area contributed by atoms with Gasteiger partial charge in [0, 0.05) is 20.1 Å².